The number of aromatic nitrogens is 2. The Morgan fingerprint density at radius 2 is 1.72 bits per heavy atom. The van der Waals surface area contributed by atoms with Gasteiger partial charge in [-0.1, -0.05) is 6.07 Å². The summed E-state index contributed by atoms with van der Waals surface area (Å²) >= 11 is 0. The molecule has 1 aromatic heterocycles. The molecule has 2 aromatic rings. The maximum absolute atomic E-state index is 13.6. The van der Waals surface area contributed by atoms with E-state index in [4.69, 9.17) is 4.74 Å². The van der Waals surface area contributed by atoms with Crippen LogP contribution in [-0.4, -0.2) is 75.2 Å². The molecule has 1 aromatic carbocycles. The number of hydrogen-bond acceptors (Lipinski definition) is 7. The van der Waals surface area contributed by atoms with Gasteiger partial charge in [-0.15, -0.1) is 0 Å². The number of anilines is 2. The van der Waals surface area contributed by atoms with E-state index in [1.807, 2.05) is 6.07 Å². The molecule has 2 fully saturated rings. The van der Waals surface area contributed by atoms with Crippen LogP contribution in [0.15, 0.2) is 35.4 Å². The lowest BCUT2D eigenvalue weighted by atomic mass is 10.2. The number of morpholine rings is 1. The van der Waals surface area contributed by atoms with Gasteiger partial charge in [-0.25, -0.2) is 17.8 Å². The summed E-state index contributed by atoms with van der Waals surface area (Å²) in [7, 11) is -3.73. The van der Waals surface area contributed by atoms with Crippen LogP contribution in [-0.2, 0) is 14.8 Å². The molecule has 0 N–H and O–H groups in total. The second-order valence-electron chi connectivity index (χ2n) is 7.12. The van der Waals surface area contributed by atoms with E-state index in [1.165, 1.54) is 16.4 Å². The average Bonchev–Trinajstić information content (AvgIpc) is 2.76. The van der Waals surface area contributed by atoms with E-state index >= 15 is 0 Å². The van der Waals surface area contributed by atoms with Gasteiger partial charge in [0.2, 0.25) is 16.0 Å². The van der Waals surface area contributed by atoms with E-state index in [1.54, 1.807) is 13.1 Å². The van der Waals surface area contributed by atoms with Crippen molar-refractivity contribution in [2.24, 2.45) is 0 Å². The first-order valence-corrected chi connectivity index (χ1v) is 11.1. The summed E-state index contributed by atoms with van der Waals surface area (Å²) in [6.07, 6.45) is 1.73. The van der Waals surface area contributed by atoms with Gasteiger partial charge in [0.05, 0.1) is 18.1 Å². The number of nitrogens with zero attached hydrogens (tertiary/aromatic N) is 5. The number of ether oxygens (including phenoxy) is 1. The fourth-order valence-corrected chi connectivity index (χ4v) is 5.24. The minimum Gasteiger partial charge on any atom is -0.378 e. The Balaban J connectivity index is 1.46. The number of sulfonamides is 1. The molecule has 0 aliphatic carbocycles. The molecule has 8 nitrogen and oxygen atoms in total. The smallest absolute Gasteiger partial charge is 0.243 e. The van der Waals surface area contributed by atoms with Crippen molar-refractivity contribution in [2.75, 3.05) is 62.3 Å². The fourth-order valence-electron chi connectivity index (χ4n) is 3.58. The van der Waals surface area contributed by atoms with Crippen molar-refractivity contribution in [3.05, 3.63) is 41.8 Å². The predicted molar refractivity (Wildman–Crippen MR) is 107 cm³/mol. The monoisotopic (exact) mass is 421 g/mol. The van der Waals surface area contributed by atoms with E-state index in [-0.39, 0.29) is 4.90 Å². The normalized spacial score (nSPS) is 18.8. The maximum atomic E-state index is 13.6. The number of aryl methyl sites for hydroxylation is 1. The van der Waals surface area contributed by atoms with Crippen LogP contribution < -0.4 is 9.80 Å². The summed E-state index contributed by atoms with van der Waals surface area (Å²) in [5.74, 6) is 0.890. The number of benzene rings is 1. The second kappa shape index (κ2) is 8.21. The highest BCUT2D eigenvalue weighted by atomic mass is 32.2. The molecule has 0 saturated carbocycles. The molecular weight excluding hydrogens is 397 g/mol. The minimum atomic E-state index is -3.73. The first-order chi connectivity index (χ1) is 13.9. The fraction of sp³-hybridized carbons (Fsp3) is 0.474. The Bertz CT molecular complexity index is 974. The van der Waals surface area contributed by atoms with Gasteiger partial charge >= 0.3 is 0 Å². The molecule has 10 heteroatoms. The highest BCUT2D eigenvalue weighted by Gasteiger charge is 2.30. The Kier molecular flexibility index (Phi) is 5.66. The third-order valence-corrected chi connectivity index (χ3v) is 7.29. The number of halogens is 1. The van der Waals surface area contributed by atoms with Gasteiger partial charge in [0, 0.05) is 45.5 Å². The topological polar surface area (TPSA) is 78.9 Å². The first-order valence-electron chi connectivity index (χ1n) is 9.62. The lowest BCUT2D eigenvalue weighted by Gasteiger charge is -2.35. The quantitative estimate of drug-likeness (QED) is 0.736. The predicted octanol–water partition coefficient (Wildman–Crippen LogP) is 1.27. The first kappa shape index (κ1) is 20.0. The molecule has 3 heterocycles. The summed E-state index contributed by atoms with van der Waals surface area (Å²) in [4.78, 5) is 13.2. The Hall–Kier alpha value is -2.30. The molecule has 0 atom stereocenters. The summed E-state index contributed by atoms with van der Waals surface area (Å²) < 4.78 is 46.3. The third kappa shape index (κ3) is 4.19. The zero-order valence-electron chi connectivity index (χ0n) is 16.3. The highest BCUT2D eigenvalue weighted by Crippen LogP contribution is 2.24. The van der Waals surface area contributed by atoms with Crippen LogP contribution in [0.25, 0.3) is 0 Å². The summed E-state index contributed by atoms with van der Waals surface area (Å²) in [5.41, 5.74) is 0.541. The number of piperazine rings is 1. The van der Waals surface area contributed by atoms with Crippen LogP contribution in [0.2, 0.25) is 0 Å². The van der Waals surface area contributed by atoms with Gasteiger partial charge < -0.3 is 14.5 Å². The Labute approximate surface area is 170 Å². The Morgan fingerprint density at radius 3 is 2.45 bits per heavy atom. The van der Waals surface area contributed by atoms with Crippen LogP contribution in [0, 0.1) is 12.7 Å². The zero-order chi connectivity index (χ0) is 20.4. The molecule has 2 saturated heterocycles. The van der Waals surface area contributed by atoms with Gasteiger partial charge in [0.25, 0.3) is 0 Å². The zero-order valence-corrected chi connectivity index (χ0v) is 17.1. The van der Waals surface area contributed by atoms with Crippen molar-refractivity contribution in [1.82, 2.24) is 14.3 Å². The van der Waals surface area contributed by atoms with Gasteiger partial charge in [-0.05, 0) is 30.7 Å². The summed E-state index contributed by atoms with van der Waals surface area (Å²) in [6.45, 7) is 6.14. The molecule has 156 valence electrons. The van der Waals surface area contributed by atoms with Crippen molar-refractivity contribution < 1.29 is 17.5 Å². The van der Waals surface area contributed by atoms with E-state index < -0.39 is 15.8 Å². The van der Waals surface area contributed by atoms with Crippen molar-refractivity contribution in [2.45, 2.75) is 11.8 Å². The number of rotatable bonds is 4. The molecule has 0 amide bonds. The van der Waals surface area contributed by atoms with Crippen molar-refractivity contribution in [1.29, 1.82) is 0 Å². The molecule has 4 rings (SSSR count). The molecule has 2 aliphatic heterocycles. The molecule has 0 bridgehead atoms. The minimum absolute atomic E-state index is 0.0302. The summed E-state index contributed by atoms with van der Waals surface area (Å²) in [6, 6.07) is 5.70. The van der Waals surface area contributed by atoms with Gasteiger partial charge in [0.15, 0.2) is 0 Å². The van der Waals surface area contributed by atoms with Crippen LogP contribution in [0.4, 0.5) is 16.2 Å². The van der Waals surface area contributed by atoms with Crippen LogP contribution in [0.1, 0.15) is 5.56 Å². The van der Waals surface area contributed by atoms with E-state index in [0.717, 1.165) is 25.0 Å². The second-order valence-corrected chi connectivity index (χ2v) is 9.02. The Morgan fingerprint density at radius 1 is 1.00 bits per heavy atom. The maximum Gasteiger partial charge on any atom is 0.243 e. The molecule has 0 spiro atoms. The standard InChI is InChI=1S/C19H24FN5O3S/c1-15-2-3-16(20)14-17(15)29(26,27)25-8-6-23(7-9-25)18-4-5-21-19(22-18)24-10-12-28-13-11-24/h2-5,14H,6-13H2,1H3. The van der Waals surface area contributed by atoms with Crippen molar-refractivity contribution in [3.8, 4) is 0 Å². The lowest BCUT2D eigenvalue weighted by Crippen LogP contribution is -2.49. The van der Waals surface area contributed by atoms with E-state index in [9.17, 15) is 12.8 Å². The largest absolute Gasteiger partial charge is 0.378 e. The SMILES string of the molecule is Cc1ccc(F)cc1S(=O)(=O)N1CCN(c2ccnc(N3CCOCC3)n2)CC1. The average molecular weight is 421 g/mol. The van der Waals surface area contributed by atoms with Crippen LogP contribution in [0.5, 0.6) is 0 Å². The lowest BCUT2D eigenvalue weighted by molar-refractivity contribution is 0.122. The van der Waals surface area contributed by atoms with Crippen molar-refractivity contribution >= 4 is 21.8 Å². The van der Waals surface area contributed by atoms with Gasteiger partial charge in [-0.2, -0.15) is 9.29 Å². The van der Waals surface area contributed by atoms with Crippen LogP contribution in [0.3, 0.4) is 0 Å². The molecular formula is C19H24FN5O3S. The van der Waals surface area contributed by atoms with E-state index in [0.29, 0.717) is 50.9 Å². The molecule has 2 aliphatic rings. The van der Waals surface area contributed by atoms with Crippen molar-refractivity contribution in [3.63, 3.8) is 0 Å². The van der Waals surface area contributed by atoms with Gasteiger partial charge in [-0.3, -0.25) is 0 Å². The molecule has 0 radical (unpaired) electrons. The third-order valence-electron chi connectivity index (χ3n) is 5.25. The van der Waals surface area contributed by atoms with Gasteiger partial charge in [0.1, 0.15) is 11.6 Å². The molecule has 29 heavy (non-hydrogen) atoms. The summed E-state index contributed by atoms with van der Waals surface area (Å²) in [5, 5.41) is 0. The number of hydrogen-bond donors (Lipinski definition) is 0. The molecule has 0 unspecified atom stereocenters. The van der Waals surface area contributed by atoms with E-state index in [2.05, 4.69) is 19.8 Å². The highest BCUT2D eigenvalue weighted by molar-refractivity contribution is 7.89. The van der Waals surface area contributed by atoms with Crippen LogP contribution >= 0.6 is 0 Å².